The van der Waals surface area contributed by atoms with E-state index in [1.165, 1.54) is 37.2 Å². The predicted octanol–water partition coefficient (Wildman–Crippen LogP) is 2.73. The van der Waals surface area contributed by atoms with Gasteiger partial charge in [0, 0.05) is 42.9 Å². The van der Waals surface area contributed by atoms with E-state index in [1.54, 1.807) is 0 Å². The summed E-state index contributed by atoms with van der Waals surface area (Å²) in [7, 11) is 0. The van der Waals surface area contributed by atoms with Crippen LogP contribution in [0.4, 0.5) is 5.69 Å². The Hall–Kier alpha value is -0.770. The Morgan fingerprint density at radius 1 is 1.30 bits per heavy atom. The molecule has 1 N–H and O–H groups in total. The average Bonchev–Trinajstić information content (AvgIpc) is 2.93. The van der Waals surface area contributed by atoms with Crippen LogP contribution in [0.1, 0.15) is 25.3 Å². The van der Waals surface area contributed by atoms with E-state index >= 15 is 0 Å². The Labute approximate surface area is 126 Å². The summed E-state index contributed by atoms with van der Waals surface area (Å²) in [4.78, 5) is 5.18. The summed E-state index contributed by atoms with van der Waals surface area (Å²) in [5.74, 6) is 0. The van der Waals surface area contributed by atoms with E-state index in [1.807, 2.05) is 6.07 Å². The Kier molecular flexibility index (Phi) is 4.49. The van der Waals surface area contributed by atoms with Crippen LogP contribution in [0.2, 0.25) is 5.02 Å². The number of nitrogens with zero attached hydrogens (tertiary/aromatic N) is 2. The molecule has 1 atom stereocenters. The molecule has 0 bridgehead atoms. The summed E-state index contributed by atoms with van der Waals surface area (Å²) >= 11 is 6.22. The first-order chi connectivity index (χ1) is 9.78. The molecule has 2 fully saturated rings. The van der Waals surface area contributed by atoms with E-state index < -0.39 is 0 Å². The largest absolute Gasteiger partial charge is 0.368 e. The van der Waals surface area contributed by atoms with Gasteiger partial charge in [-0.25, -0.2) is 0 Å². The van der Waals surface area contributed by atoms with E-state index in [0.717, 1.165) is 37.2 Å². The third-order valence-corrected chi connectivity index (χ3v) is 4.78. The Balaban J connectivity index is 1.79. The van der Waals surface area contributed by atoms with Crippen LogP contribution in [0.5, 0.6) is 0 Å². The number of anilines is 1. The molecule has 1 unspecified atom stereocenters. The smallest absolute Gasteiger partial charge is 0.0427 e. The predicted molar refractivity (Wildman–Crippen MR) is 85.6 cm³/mol. The van der Waals surface area contributed by atoms with Crippen LogP contribution in [-0.4, -0.2) is 43.7 Å². The minimum atomic E-state index is 0.745. The van der Waals surface area contributed by atoms with E-state index in [2.05, 4.69) is 34.2 Å². The van der Waals surface area contributed by atoms with Crippen molar-refractivity contribution in [2.24, 2.45) is 0 Å². The minimum Gasteiger partial charge on any atom is -0.368 e. The molecule has 110 valence electrons. The highest BCUT2D eigenvalue weighted by atomic mass is 35.5. The molecule has 2 aliphatic rings. The summed E-state index contributed by atoms with van der Waals surface area (Å²) in [5, 5.41) is 4.27. The zero-order valence-corrected chi connectivity index (χ0v) is 13.0. The van der Waals surface area contributed by atoms with Crippen LogP contribution in [-0.2, 0) is 6.54 Å². The van der Waals surface area contributed by atoms with Gasteiger partial charge in [-0.15, -0.1) is 0 Å². The number of hydrogen-bond acceptors (Lipinski definition) is 3. The molecule has 3 rings (SSSR count). The second kappa shape index (κ2) is 6.33. The number of piperazine rings is 1. The lowest BCUT2D eigenvalue weighted by Gasteiger charge is -2.39. The molecule has 20 heavy (non-hydrogen) atoms. The summed E-state index contributed by atoms with van der Waals surface area (Å²) in [5.41, 5.74) is 2.69. The SMILES string of the molecule is CCNCc1ccc(Cl)cc1N1CCN2CCCC2C1. The number of nitrogens with one attached hydrogen (secondary N) is 1. The van der Waals surface area contributed by atoms with Gasteiger partial charge in [0.15, 0.2) is 0 Å². The maximum absolute atomic E-state index is 6.22. The summed E-state index contributed by atoms with van der Waals surface area (Å²) < 4.78 is 0. The molecule has 3 nitrogen and oxygen atoms in total. The van der Waals surface area contributed by atoms with E-state index in [-0.39, 0.29) is 0 Å². The molecule has 0 aliphatic carbocycles. The van der Waals surface area contributed by atoms with Gasteiger partial charge in [0.1, 0.15) is 0 Å². The van der Waals surface area contributed by atoms with E-state index in [4.69, 9.17) is 11.6 Å². The van der Waals surface area contributed by atoms with Crippen LogP contribution in [0.15, 0.2) is 18.2 Å². The summed E-state index contributed by atoms with van der Waals surface area (Å²) in [6, 6.07) is 7.05. The normalized spacial score (nSPS) is 23.1. The lowest BCUT2D eigenvalue weighted by molar-refractivity contribution is 0.231. The molecule has 0 saturated carbocycles. The highest BCUT2D eigenvalue weighted by Gasteiger charge is 2.31. The molecule has 0 radical (unpaired) electrons. The quantitative estimate of drug-likeness (QED) is 0.921. The second-order valence-electron chi connectivity index (χ2n) is 5.83. The standard InChI is InChI=1S/C16H24ClN3/c1-2-18-11-13-5-6-14(17)10-16(13)20-9-8-19-7-3-4-15(19)12-20/h5-6,10,15,18H,2-4,7-9,11-12H2,1H3. The maximum Gasteiger partial charge on any atom is 0.0427 e. The third-order valence-electron chi connectivity index (χ3n) is 4.54. The van der Waals surface area contributed by atoms with Gasteiger partial charge in [-0.05, 0) is 43.6 Å². The Bertz CT molecular complexity index is 463. The molecule has 2 heterocycles. The third kappa shape index (κ3) is 2.95. The van der Waals surface area contributed by atoms with Crippen molar-refractivity contribution in [2.75, 3.05) is 37.6 Å². The first-order valence-electron chi connectivity index (χ1n) is 7.76. The van der Waals surface area contributed by atoms with Crippen molar-refractivity contribution in [1.29, 1.82) is 0 Å². The topological polar surface area (TPSA) is 18.5 Å². The van der Waals surface area contributed by atoms with Gasteiger partial charge in [-0.3, -0.25) is 4.90 Å². The van der Waals surface area contributed by atoms with Gasteiger partial charge >= 0.3 is 0 Å². The average molecular weight is 294 g/mol. The van der Waals surface area contributed by atoms with Crippen molar-refractivity contribution < 1.29 is 0 Å². The fourth-order valence-corrected chi connectivity index (χ4v) is 3.62. The first-order valence-corrected chi connectivity index (χ1v) is 8.14. The molecule has 0 amide bonds. The molecular weight excluding hydrogens is 270 g/mol. The molecule has 2 saturated heterocycles. The van der Waals surface area contributed by atoms with Gasteiger partial charge in [-0.1, -0.05) is 24.6 Å². The highest BCUT2D eigenvalue weighted by molar-refractivity contribution is 6.30. The number of fused-ring (bicyclic) bond motifs is 1. The fourth-order valence-electron chi connectivity index (χ4n) is 3.45. The number of hydrogen-bond donors (Lipinski definition) is 1. The second-order valence-corrected chi connectivity index (χ2v) is 6.27. The van der Waals surface area contributed by atoms with Crippen molar-refractivity contribution >= 4 is 17.3 Å². The van der Waals surface area contributed by atoms with Crippen molar-refractivity contribution in [3.05, 3.63) is 28.8 Å². The number of benzene rings is 1. The lowest BCUT2D eigenvalue weighted by Crippen LogP contribution is -2.50. The first kappa shape index (κ1) is 14.2. The molecule has 4 heteroatoms. The number of halogens is 1. The molecule has 0 spiro atoms. The van der Waals surface area contributed by atoms with Crippen molar-refractivity contribution in [3.63, 3.8) is 0 Å². The van der Waals surface area contributed by atoms with Crippen LogP contribution >= 0.6 is 11.6 Å². The van der Waals surface area contributed by atoms with Gasteiger partial charge in [-0.2, -0.15) is 0 Å². The zero-order valence-electron chi connectivity index (χ0n) is 12.2. The Morgan fingerprint density at radius 3 is 3.05 bits per heavy atom. The molecule has 0 aromatic heterocycles. The van der Waals surface area contributed by atoms with Crippen molar-refractivity contribution in [1.82, 2.24) is 10.2 Å². The summed E-state index contributed by atoms with van der Waals surface area (Å²) in [6.07, 6.45) is 2.71. The van der Waals surface area contributed by atoms with Crippen LogP contribution in [0.3, 0.4) is 0 Å². The van der Waals surface area contributed by atoms with Crippen LogP contribution < -0.4 is 10.2 Å². The van der Waals surface area contributed by atoms with Gasteiger partial charge in [0.05, 0.1) is 0 Å². The van der Waals surface area contributed by atoms with E-state index in [0.29, 0.717) is 0 Å². The minimum absolute atomic E-state index is 0.745. The van der Waals surface area contributed by atoms with Gasteiger partial charge < -0.3 is 10.2 Å². The fraction of sp³-hybridized carbons (Fsp3) is 0.625. The van der Waals surface area contributed by atoms with Crippen LogP contribution in [0, 0.1) is 0 Å². The zero-order chi connectivity index (χ0) is 13.9. The molecule has 1 aromatic carbocycles. The van der Waals surface area contributed by atoms with Crippen molar-refractivity contribution in [3.8, 4) is 0 Å². The number of rotatable bonds is 4. The molecule has 2 aliphatic heterocycles. The monoisotopic (exact) mass is 293 g/mol. The van der Waals surface area contributed by atoms with Crippen LogP contribution in [0.25, 0.3) is 0 Å². The van der Waals surface area contributed by atoms with Crippen molar-refractivity contribution in [2.45, 2.75) is 32.4 Å². The Morgan fingerprint density at radius 2 is 2.20 bits per heavy atom. The summed E-state index contributed by atoms with van der Waals surface area (Å²) in [6.45, 7) is 8.82. The van der Waals surface area contributed by atoms with E-state index in [9.17, 15) is 0 Å². The lowest BCUT2D eigenvalue weighted by atomic mass is 10.1. The highest BCUT2D eigenvalue weighted by Crippen LogP contribution is 2.29. The van der Waals surface area contributed by atoms with Gasteiger partial charge in [0.25, 0.3) is 0 Å². The maximum atomic E-state index is 6.22. The molecular formula is C16H24ClN3. The molecule has 1 aromatic rings. The van der Waals surface area contributed by atoms with Gasteiger partial charge in [0.2, 0.25) is 0 Å².